The molecule has 2 rings (SSSR count). The summed E-state index contributed by atoms with van der Waals surface area (Å²) in [4.78, 5) is 0. The minimum Gasteiger partial charge on any atom is -0.487 e. The Hall–Kier alpha value is -0.770. The van der Waals surface area contributed by atoms with Gasteiger partial charge in [-0.3, -0.25) is 0 Å². The molecule has 1 aliphatic rings. The molecule has 100 valence electrons. The minimum atomic E-state index is -0.361. The fourth-order valence-electron chi connectivity index (χ4n) is 2.38. The molecule has 3 nitrogen and oxygen atoms in total. The van der Waals surface area contributed by atoms with Gasteiger partial charge in [-0.25, -0.2) is 0 Å². The topological polar surface area (TPSA) is 41.5 Å². The van der Waals surface area contributed by atoms with Crippen molar-refractivity contribution in [3.63, 3.8) is 0 Å². The summed E-state index contributed by atoms with van der Waals surface area (Å²) in [6.07, 6.45) is 3.47. The number of halogens is 1. The van der Waals surface area contributed by atoms with Crippen LogP contribution in [-0.2, 0) is 6.54 Å². The van der Waals surface area contributed by atoms with Gasteiger partial charge in [-0.2, -0.15) is 0 Å². The number of hydrogen-bond donors (Lipinski definition) is 2. The van der Waals surface area contributed by atoms with Gasteiger partial charge in [0.1, 0.15) is 11.9 Å². The van der Waals surface area contributed by atoms with Crippen LogP contribution in [-0.4, -0.2) is 24.4 Å². The first-order valence-corrected chi connectivity index (χ1v) is 6.87. The quantitative estimate of drug-likeness (QED) is 0.883. The van der Waals surface area contributed by atoms with Crippen molar-refractivity contribution in [2.45, 2.75) is 44.4 Å². The van der Waals surface area contributed by atoms with Gasteiger partial charge in [0.2, 0.25) is 0 Å². The fourth-order valence-corrected chi connectivity index (χ4v) is 2.61. The maximum atomic E-state index is 9.95. The molecular formula is C14H20ClNO2. The molecule has 2 atom stereocenters. The number of hydrogen-bond acceptors (Lipinski definition) is 3. The highest BCUT2D eigenvalue weighted by Gasteiger charge is 2.25. The molecule has 0 heterocycles. The van der Waals surface area contributed by atoms with E-state index in [9.17, 15) is 5.11 Å². The highest BCUT2D eigenvalue weighted by atomic mass is 35.5. The van der Waals surface area contributed by atoms with E-state index in [4.69, 9.17) is 16.3 Å². The van der Waals surface area contributed by atoms with Crippen molar-refractivity contribution in [2.24, 2.45) is 0 Å². The van der Waals surface area contributed by atoms with Crippen LogP contribution in [0.4, 0.5) is 0 Å². The second-order valence-corrected chi connectivity index (χ2v) is 5.16. The van der Waals surface area contributed by atoms with Gasteiger partial charge in [0.05, 0.1) is 6.10 Å². The van der Waals surface area contributed by atoms with E-state index in [1.54, 1.807) is 0 Å². The van der Waals surface area contributed by atoms with Gasteiger partial charge < -0.3 is 15.2 Å². The Morgan fingerprint density at radius 1 is 1.39 bits per heavy atom. The molecule has 2 N–H and O–H groups in total. The van der Waals surface area contributed by atoms with E-state index in [0.717, 1.165) is 37.0 Å². The maximum absolute atomic E-state index is 9.95. The summed E-state index contributed by atoms with van der Waals surface area (Å²) in [7, 11) is 1.88. The van der Waals surface area contributed by atoms with E-state index >= 15 is 0 Å². The van der Waals surface area contributed by atoms with Crippen LogP contribution in [0, 0.1) is 0 Å². The summed E-state index contributed by atoms with van der Waals surface area (Å²) in [6, 6.07) is 5.66. The molecule has 1 saturated carbocycles. The van der Waals surface area contributed by atoms with Crippen molar-refractivity contribution in [1.82, 2.24) is 5.32 Å². The molecule has 0 saturated heterocycles. The van der Waals surface area contributed by atoms with Crippen LogP contribution < -0.4 is 10.1 Å². The van der Waals surface area contributed by atoms with E-state index in [1.165, 1.54) is 0 Å². The smallest absolute Gasteiger partial charge is 0.125 e. The second kappa shape index (κ2) is 6.41. The van der Waals surface area contributed by atoms with Gasteiger partial charge in [0, 0.05) is 17.1 Å². The van der Waals surface area contributed by atoms with Gasteiger partial charge in [0.25, 0.3) is 0 Å². The summed E-state index contributed by atoms with van der Waals surface area (Å²) < 4.78 is 5.96. The summed E-state index contributed by atoms with van der Waals surface area (Å²) in [5.74, 6) is 0.780. The molecule has 0 aliphatic heterocycles. The SMILES string of the molecule is CNCc1c(Cl)cccc1OC1CCCCC1O. The average Bonchev–Trinajstić information content (AvgIpc) is 2.36. The Bertz CT molecular complexity index is 397. The van der Waals surface area contributed by atoms with Crippen molar-refractivity contribution in [3.05, 3.63) is 28.8 Å². The normalized spacial score (nSPS) is 23.9. The molecule has 0 spiro atoms. The number of ether oxygens (including phenoxy) is 1. The molecule has 1 fully saturated rings. The van der Waals surface area contributed by atoms with Crippen LogP contribution in [0.2, 0.25) is 5.02 Å². The lowest BCUT2D eigenvalue weighted by Gasteiger charge is -2.29. The first kappa shape index (κ1) is 13.7. The van der Waals surface area contributed by atoms with Crippen LogP contribution in [0.1, 0.15) is 31.2 Å². The highest BCUT2D eigenvalue weighted by molar-refractivity contribution is 6.31. The van der Waals surface area contributed by atoms with Gasteiger partial charge >= 0.3 is 0 Å². The molecule has 0 amide bonds. The lowest BCUT2D eigenvalue weighted by molar-refractivity contribution is 0.00637. The lowest BCUT2D eigenvalue weighted by atomic mass is 9.95. The monoisotopic (exact) mass is 269 g/mol. The molecule has 2 unspecified atom stereocenters. The number of aliphatic hydroxyl groups excluding tert-OH is 1. The number of benzene rings is 1. The first-order chi connectivity index (χ1) is 8.72. The summed E-state index contributed by atoms with van der Waals surface area (Å²) in [5.41, 5.74) is 0.958. The Labute approximate surface area is 113 Å². The Balaban J connectivity index is 2.14. The Morgan fingerprint density at radius 2 is 2.17 bits per heavy atom. The van der Waals surface area contributed by atoms with E-state index < -0.39 is 0 Å². The molecule has 0 bridgehead atoms. The predicted octanol–water partition coefficient (Wildman–Crippen LogP) is 2.74. The molecular weight excluding hydrogens is 250 g/mol. The third kappa shape index (κ3) is 3.16. The fraction of sp³-hybridized carbons (Fsp3) is 0.571. The molecule has 18 heavy (non-hydrogen) atoms. The third-order valence-electron chi connectivity index (χ3n) is 3.38. The maximum Gasteiger partial charge on any atom is 0.125 e. The van der Waals surface area contributed by atoms with Crippen molar-refractivity contribution in [3.8, 4) is 5.75 Å². The van der Waals surface area contributed by atoms with Gasteiger partial charge in [0.15, 0.2) is 0 Å². The highest BCUT2D eigenvalue weighted by Crippen LogP contribution is 2.30. The van der Waals surface area contributed by atoms with Crippen LogP contribution in [0.15, 0.2) is 18.2 Å². The molecule has 0 radical (unpaired) electrons. The van der Waals surface area contributed by atoms with E-state index in [0.29, 0.717) is 11.6 Å². The molecule has 4 heteroatoms. The minimum absolute atomic E-state index is 0.104. The Morgan fingerprint density at radius 3 is 2.89 bits per heavy atom. The second-order valence-electron chi connectivity index (χ2n) is 4.75. The van der Waals surface area contributed by atoms with E-state index in [1.807, 2.05) is 25.2 Å². The molecule has 0 aromatic heterocycles. The first-order valence-electron chi connectivity index (χ1n) is 6.49. The molecule has 1 aliphatic carbocycles. The van der Waals surface area contributed by atoms with Crippen molar-refractivity contribution in [2.75, 3.05) is 7.05 Å². The molecule has 1 aromatic carbocycles. The van der Waals surface area contributed by atoms with Crippen molar-refractivity contribution >= 4 is 11.6 Å². The van der Waals surface area contributed by atoms with E-state index in [2.05, 4.69) is 5.32 Å². The summed E-state index contributed by atoms with van der Waals surface area (Å²) in [5, 5.41) is 13.7. The molecule has 1 aromatic rings. The lowest BCUT2D eigenvalue weighted by Crippen LogP contribution is -2.35. The van der Waals surface area contributed by atoms with E-state index in [-0.39, 0.29) is 12.2 Å². The van der Waals surface area contributed by atoms with Crippen LogP contribution in [0.3, 0.4) is 0 Å². The number of aliphatic hydroxyl groups is 1. The Kier molecular flexibility index (Phi) is 4.87. The zero-order valence-corrected chi connectivity index (χ0v) is 11.4. The predicted molar refractivity (Wildman–Crippen MR) is 73.1 cm³/mol. The summed E-state index contributed by atoms with van der Waals surface area (Å²) >= 11 is 6.18. The third-order valence-corrected chi connectivity index (χ3v) is 3.73. The largest absolute Gasteiger partial charge is 0.487 e. The van der Waals surface area contributed by atoms with Gasteiger partial charge in [-0.1, -0.05) is 24.1 Å². The zero-order valence-electron chi connectivity index (χ0n) is 10.7. The van der Waals surface area contributed by atoms with Crippen molar-refractivity contribution < 1.29 is 9.84 Å². The van der Waals surface area contributed by atoms with Crippen LogP contribution in [0.5, 0.6) is 5.75 Å². The van der Waals surface area contributed by atoms with Crippen LogP contribution in [0.25, 0.3) is 0 Å². The number of nitrogens with one attached hydrogen (secondary N) is 1. The summed E-state index contributed by atoms with van der Waals surface area (Å²) in [6.45, 7) is 0.665. The van der Waals surface area contributed by atoms with Crippen molar-refractivity contribution in [1.29, 1.82) is 0 Å². The zero-order chi connectivity index (χ0) is 13.0. The average molecular weight is 270 g/mol. The van der Waals surface area contributed by atoms with Crippen LogP contribution >= 0.6 is 11.6 Å². The van der Waals surface area contributed by atoms with Gasteiger partial charge in [-0.15, -0.1) is 0 Å². The standard InChI is InChI=1S/C14H20ClNO2/c1-16-9-10-11(15)5-4-8-13(10)18-14-7-3-2-6-12(14)17/h4-5,8,12,14,16-17H,2-3,6-7,9H2,1H3. The van der Waals surface area contributed by atoms with Gasteiger partial charge in [-0.05, 0) is 38.4 Å². The number of rotatable bonds is 4.